The molecule has 0 aromatic heterocycles. The summed E-state index contributed by atoms with van der Waals surface area (Å²) in [6, 6.07) is 0.894. The van der Waals surface area contributed by atoms with E-state index in [4.69, 9.17) is 0 Å². The lowest BCUT2D eigenvalue weighted by atomic mass is 9.95. The van der Waals surface area contributed by atoms with Crippen molar-refractivity contribution in [3.8, 4) is 0 Å². The first-order valence-electron chi connectivity index (χ1n) is 8.83. The van der Waals surface area contributed by atoms with Gasteiger partial charge in [-0.15, -0.1) is 0 Å². The van der Waals surface area contributed by atoms with Crippen LogP contribution in [0.5, 0.6) is 0 Å². The van der Waals surface area contributed by atoms with Gasteiger partial charge >= 0.3 is 0 Å². The molecule has 2 fully saturated rings. The molecule has 0 radical (unpaired) electrons. The van der Waals surface area contributed by atoms with Crippen molar-refractivity contribution in [2.24, 2.45) is 0 Å². The minimum atomic E-state index is 0.0897. The molecule has 130 valence electrons. The molecule has 1 saturated heterocycles. The summed E-state index contributed by atoms with van der Waals surface area (Å²) in [5.74, 6) is 0.207. The highest BCUT2D eigenvalue weighted by Gasteiger charge is 2.13. The van der Waals surface area contributed by atoms with Crippen LogP contribution in [0.1, 0.15) is 72.6 Å². The standard InChI is InChI=1S/C8H15NO.C7H14N2O.C2H6/c1-7(10)9-8-5-3-2-4-6-8;1-6(10)9-7-2-4-8-5-3-7;1-2/h8H,2-6H2,1H3,(H,9,10);7-8H,2-5H2,1H3,(H,9,10);1-2H3. The molecule has 2 rings (SSSR count). The fourth-order valence-corrected chi connectivity index (χ4v) is 2.79. The molecular weight excluding hydrogens is 278 g/mol. The Kier molecular flexibility index (Phi) is 12.9. The predicted molar refractivity (Wildman–Crippen MR) is 91.7 cm³/mol. The van der Waals surface area contributed by atoms with Gasteiger partial charge in [-0.2, -0.15) is 0 Å². The van der Waals surface area contributed by atoms with Crippen LogP contribution in [0.25, 0.3) is 0 Å². The first kappa shape index (κ1) is 20.9. The molecule has 0 atom stereocenters. The number of amides is 2. The third kappa shape index (κ3) is 11.5. The Bertz CT molecular complexity index is 266. The monoisotopic (exact) mass is 313 g/mol. The Morgan fingerprint density at radius 2 is 1.18 bits per heavy atom. The van der Waals surface area contributed by atoms with Crippen molar-refractivity contribution in [3.05, 3.63) is 0 Å². The fourth-order valence-electron chi connectivity index (χ4n) is 2.79. The number of carbonyl (C=O) groups is 2. The van der Waals surface area contributed by atoms with Crippen molar-refractivity contribution in [1.82, 2.24) is 16.0 Å². The zero-order valence-corrected chi connectivity index (χ0v) is 14.8. The van der Waals surface area contributed by atoms with E-state index in [0.29, 0.717) is 12.1 Å². The number of hydrogen-bond acceptors (Lipinski definition) is 3. The quantitative estimate of drug-likeness (QED) is 0.733. The van der Waals surface area contributed by atoms with Gasteiger partial charge < -0.3 is 16.0 Å². The van der Waals surface area contributed by atoms with E-state index < -0.39 is 0 Å². The normalized spacial score (nSPS) is 18.9. The van der Waals surface area contributed by atoms with E-state index in [1.807, 2.05) is 13.8 Å². The predicted octanol–water partition coefficient (Wildman–Crippen LogP) is 2.36. The first-order chi connectivity index (χ1) is 10.6. The molecule has 0 aromatic rings. The molecule has 0 aromatic carbocycles. The summed E-state index contributed by atoms with van der Waals surface area (Å²) in [6.07, 6.45) is 8.41. The largest absolute Gasteiger partial charge is 0.354 e. The second kappa shape index (κ2) is 13.6. The molecule has 1 heterocycles. The summed E-state index contributed by atoms with van der Waals surface area (Å²) in [6.45, 7) is 9.23. The summed E-state index contributed by atoms with van der Waals surface area (Å²) < 4.78 is 0. The average Bonchev–Trinajstić information content (AvgIpc) is 2.51. The first-order valence-corrected chi connectivity index (χ1v) is 8.83. The molecule has 1 aliphatic heterocycles. The second-order valence-corrected chi connectivity index (χ2v) is 5.76. The van der Waals surface area contributed by atoms with Gasteiger partial charge in [0.05, 0.1) is 0 Å². The van der Waals surface area contributed by atoms with Crippen molar-refractivity contribution < 1.29 is 9.59 Å². The molecule has 1 aliphatic carbocycles. The van der Waals surface area contributed by atoms with E-state index in [1.54, 1.807) is 13.8 Å². The van der Waals surface area contributed by atoms with Gasteiger partial charge in [-0.25, -0.2) is 0 Å². The molecule has 0 unspecified atom stereocenters. The topological polar surface area (TPSA) is 70.2 Å². The number of piperidine rings is 1. The third-order valence-electron chi connectivity index (χ3n) is 3.76. The van der Waals surface area contributed by atoms with E-state index in [0.717, 1.165) is 25.9 Å². The molecule has 2 amide bonds. The van der Waals surface area contributed by atoms with Gasteiger partial charge in [0.1, 0.15) is 0 Å². The van der Waals surface area contributed by atoms with Gasteiger partial charge in [0, 0.05) is 25.9 Å². The maximum atomic E-state index is 10.6. The Morgan fingerprint density at radius 1 is 0.773 bits per heavy atom. The highest BCUT2D eigenvalue weighted by atomic mass is 16.2. The minimum Gasteiger partial charge on any atom is -0.354 e. The summed E-state index contributed by atoms with van der Waals surface area (Å²) in [7, 11) is 0. The van der Waals surface area contributed by atoms with Crippen LogP contribution in [0.4, 0.5) is 0 Å². The highest BCUT2D eigenvalue weighted by molar-refractivity contribution is 5.73. The molecule has 0 spiro atoms. The van der Waals surface area contributed by atoms with Gasteiger partial charge in [0.15, 0.2) is 0 Å². The lowest BCUT2D eigenvalue weighted by Crippen LogP contribution is -2.41. The van der Waals surface area contributed by atoms with Crippen molar-refractivity contribution in [2.45, 2.75) is 84.7 Å². The average molecular weight is 313 g/mol. The van der Waals surface area contributed by atoms with Gasteiger partial charge in [-0.3, -0.25) is 9.59 Å². The van der Waals surface area contributed by atoms with Crippen molar-refractivity contribution in [3.63, 3.8) is 0 Å². The van der Waals surface area contributed by atoms with Crippen molar-refractivity contribution in [2.75, 3.05) is 13.1 Å². The molecule has 5 nitrogen and oxygen atoms in total. The zero-order chi connectivity index (χ0) is 16.8. The second-order valence-electron chi connectivity index (χ2n) is 5.76. The number of nitrogens with one attached hydrogen (secondary N) is 3. The van der Waals surface area contributed by atoms with Gasteiger partial charge in [0.25, 0.3) is 0 Å². The fraction of sp³-hybridized carbons (Fsp3) is 0.882. The minimum absolute atomic E-state index is 0.0897. The van der Waals surface area contributed by atoms with E-state index in [1.165, 1.54) is 32.1 Å². The Balaban J connectivity index is 0.000000360. The zero-order valence-electron chi connectivity index (χ0n) is 14.8. The van der Waals surface area contributed by atoms with Crippen LogP contribution in [0.15, 0.2) is 0 Å². The molecule has 22 heavy (non-hydrogen) atoms. The molecule has 2 aliphatic rings. The van der Waals surface area contributed by atoms with E-state index in [-0.39, 0.29) is 11.8 Å². The maximum Gasteiger partial charge on any atom is 0.217 e. The molecule has 1 saturated carbocycles. The Hall–Kier alpha value is -1.10. The van der Waals surface area contributed by atoms with Crippen LogP contribution >= 0.6 is 0 Å². The van der Waals surface area contributed by atoms with Crippen LogP contribution in [-0.2, 0) is 9.59 Å². The lowest BCUT2D eigenvalue weighted by molar-refractivity contribution is -0.120. The van der Waals surface area contributed by atoms with Gasteiger partial charge in [-0.05, 0) is 38.8 Å². The molecule has 3 N–H and O–H groups in total. The number of rotatable bonds is 2. The van der Waals surface area contributed by atoms with Crippen LogP contribution in [-0.4, -0.2) is 37.0 Å². The maximum absolute atomic E-state index is 10.6. The summed E-state index contributed by atoms with van der Waals surface area (Å²) >= 11 is 0. The summed E-state index contributed by atoms with van der Waals surface area (Å²) in [4.78, 5) is 21.2. The van der Waals surface area contributed by atoms with Gasteiger partial charge in [0.2, 0.25) is 11.8 Å². The number of carbonyl (C=O) groups excluding carboxylic acids is 2. The van der Waals surface area contributed by atoms with E-state index in [2.05, 4.69) is 16.0 Å². The van der Waals surface area contributed by atoms with Gasteiger partial charge in [-0.1, -0.05) is 33.1 Å². The molecular formula is C17H35N3O2. The third-order valence-corrected chi connectivity index (χ3v) is 3.76. The Morgan fingerprint density at radius 3 is 1.59 bits per heavy atom. The van der Waals surface area contributed by atoms with Crippen LogP contribution in [0, 0.1) is 0 Å². The van der Waals surface area contributed by atoms with E-state index in [9.17, 15) is 9.59 Å². The summed E-state index contributed by atoms with van der Waals surface area (Å²) in [5, 5.41) is 9.08. The van der Waals surface area contributed by atoms with Crippen LogP contribution < -0.4 is 16.0 Å². The SMILES string of the molecule is CC.CC(=O)NC1CCCCC1.CC(=O)NC1CCNCC1. The van der Waals surface area contributed by atoms with E-state index >= 15 is 0 Å². The smallest absolute Gasteiger partial charge is 0.217 e. The number of hydrogen-bond donors (Lipinski definition) is 3. The Labute approximate surface area is 136 Å². The van der Waals surface area contributed by atoms with Crippen LogP contribution in [0.2, 0.25) is 0 Å². The van der Waals surface area contributed by atoms with Crippen molar-refractivity contribution in [1.29, 1.82) is 0 Å². The summed E-state index contributed by atoms with van der Waals surface area (Å²) in [5.41, 5.74) is 0. The molecule has 0 bridgehead atoms. The highest BCUT2D eigenvalue weighted by Crippen LogP contribution is 2.16. The van der Waals surface area contributed by atoms with Crippen LogP contribution in [0.3, 0.4) is 0 Å². The van der Waals surface area contributed by atoms with Crippen molar-refractivity contribution >= 4 is 11.8 Å². The molecule has 5 heteroatoms. The lowest BCUT2D eigenvalue weighted by Gasteiger charge is -2.22.